The highest BCUT2D eigenvalue weighted by Gasteiger charge is 2.21. The number of halogens is 1. The number of nitrogens with two attached hydrogens (primary N) is 1. The van der Waals surface area contributed by atoms with Gasteiger partial charge >= 0.3 is 0 Å². The molecule has 37 heavy (non-hydrogen) atoms. The molecule has 4 aromatic heterocycles. The fraction of sp³-hybridized carbons (Fsp3) is 0.360. The van der Waals surface area contributed by atoms with Gasteiger partial charge < -0.3 is 20.9 Å². The van der Waals surface area contributed by atoms with E-state index < -0.39 is 5.60 Å². The summed E-state index contributed by atoms with van der Waals surface area (Å²) < 4.78 is 7.80. The molecule has 0 unspecified atom stereocenters. The minimum Gasteiger partial charge on any atom is -0.477 e. The number of hydrogen-bond acceptors (Lipinski definition) is 10. The molecule has 0 aliphatic rings. The molecule has 0 aliphatic heterocycles. The van der Waals surface area contributed by atoms with Crippen molar-refractivity contribution in [1.29, 1.82) is 0 Å². The first kappa shape index (κ1) is 26.2. The average Bonchev–Trinajstić information content (AvgIpc) is 3.11. The first-order chi connectivity index (χ1) is 17.5. The Hall–Kier alpha value is -3.83. The van der Waals surface area contributed by atoms with E-state index in [2.05, 4.69) is 35.3 Å². The molecule has 0 amide bonds. The van der Waals surface area contributed by atoms with E-state index in [1.165, 1.54) is 0 Å². The highest BCUT2D eigenvalue weighted by Crippen LogP contribution is 2.31. The van der Waals surface area contributed by atoms with Crippen molar-refractivity contribution in [3.8, 4) is 28.7 Å². The lowest BCUT2D eigenvalue weighted by Crippen LogP contribution is -2.20. The maximum absolute atomic E-state index is 10.2. The molecule has 12 heteroatoms. The van der Waals surface area contributed by atoms with Crippen LogP contribution in [0.25, 0.3) is 22.8 Å². The van der Waals surface area contributed by atoms with Crippen molar-refractivity contribution < 1.29 is 9.84 Å². The van der Waals surface area contributed by atoms with E-state index >= 15 is 0 Å². The molecule has 0 aromatic carbocycles. The second kappa shape index (κ2) is 10.7. The van der Waals surface area contributed by atoms with E-state index in [-0.39, 0.29) is 6.04 Å². The summed E-state index contributed by atoms with van der Waals surface area (Å²) in [6.07, 6.45) is 7.12. The molecule has 0 bridgehead atoms. The number of nitrogen functional groups attached to an aromatic ring is 1. The maximum Gasteiger partial charge on any atom is 0.223 e. The molecular weight excluding hydrogens is 494 g/mol. The van der Waals surface area contributed by atoms with Crippen LogP contribution in [0.3, 0.4) is 0 Å². The van der Waals surface area contributed by atoms with Crippen molar-refractivity contribution >= 4 is 23.1 Å². The second-order valence-corrected chi connectivity index (χ2v) is 9.67. The summed E-state index contributed by atoms with van der Waals surface area (Å²) in [5.74, 6) is 1.89. The third-order valence-electron chi connectivity index (χ3n) is 5.73. The fourth-order valence-electron chi connectivity index (χ4n) is 3.73. The van der Waals surface area contributed by atoms with E-state index in [0.717, 1.165) is 11.4 Å². The lowest BCUT2D eigenvalue weighted by atomic mass is 10.0. The first-order valence-electron chi connectivity index (χ1n) is 11.8. The number of aryl methyl sites for hydroxylation is 2. The number of hydrogen-bond donors (Lipinski definition) is 3. The highest BCUT2D eigenvalue weighted by molar-refractivity contribution is 6.29. The smallest absolute Gasteiger partial charge is 0.223 e. The summed E-state index contributed by atoms with van der Waals surface area (Å²) in [5.41, 5.74) is 8.34. The second-order valence-electron chi connectivity index (χ2n) is 9.28. The molecule has 4 rings (SSSR count). The molecule has 11 nitrogen and oxygen atoms in total. The number of pyridine rings is 1. The van der Waals surface area contributed by atoms with Crippen molar-refractivity contribution in [3.63, 3.8) is 0 Å². The van der Waals surface area contributed by atoms with Crippen LogP contribution in [0.15, 0.2) is 36.9 Å². The zero-order valence-electron chi connectivity index (χ0n) is 21.4. The summed E-state index contributed by atoms with van der Waals surface area (Å²) in [6.45, 7) is 7.70. The fourth-order valence-corrected chi connectivity index (χ4v) is 3.89. The van der Waals surface area contributed by atoms with Crippen molar-refractivity contribution in [3.05, 3.63) is 53.3 Å². The predicted molar refractivity (Wildman–Crippen MR) is 142 cm³/mol. The number of anilines is 2. The molecule has 1 atom stereocenters. The molecule has 4 N–H and O–H groups in total. The minimum absolute atomic E-state index is 0.00857. The molecule has 194 valence electrons. The SMILES string of the molecule is Cc1nn(C)c(OCC[C@H](C)Nc2cc(Cl)ncc2-c2ncc(C(C)(C)O)cn2)c1-c1nccc(N)n1. The van der Waals surface area contributed by atoms with Crippen molar-refractivity contribution in [2.24, 2.45) is 7.05 Å². The number of rotatable bonds is 9. The Balaban J connectivity index is 1.46. The Morgan fingerprint density at radius 3 is 2.57 bits per heavy atom. The zero-order chi connectivity index (χ0) is 26.7. The van der Waals surface area contributed by atoms with Gasteiger partial charge in [-0.3, -0.25) is 0 Å². The summed E-state index contributed by atoms with van der Waals surface area (Å²) in [6, 6.07) is 3.38. The molecule has 0 saturated carbocycles. The summed E-state index contributed by atoms with van der Waals surface area (Å²) in [7, 11) is 1.81. The standard InChI is InChI=1S/C25H30ClN9O2/c1-14(7-9-37-24-21(15(2)34-35(24)5)23-28-8-6-20(27)33-23)32-18-10-19(26)29-13-17(18)22-30-11-16(12-31-22)25(3,4)36/h6,8,10-14,36H,7,9H2,1-5H3,(H,29,32)(H2,27,28,33)/t14-/m0/s1. The van der Waals surface area contributed by atoms with Crippen LogP contribution in [-0.4, -0.2) is 52.5 Å². The number of nitrogens with zero attached hydrogens (tertiary/aromatic N) is 7. The van der Waals surface area contributed by atoms with Gasteiger partial charge in [-0.1, -0.05) is 11.6 Å². The van der Waals surface area contributed by atoms with Gasteiger partial charge in [0.2, 0.25) is 5.88 Å². The molecule has 0 fully saturated rings. The van der Waals surface area contributed by atoms with Crippen LogP contribution >= 0.6 is 11.6 Å². The van der Waals surface area contributed by atoms with Gasteiger partial charge in [0.15, 0.2) is 11.6 Å². The molecule has 0 saturated heterocycles. The highest BCUT2D eigenvalue weighted by atomic mass is 35.5. The Morgan fingerprint density at radius 1 is 1.16 bits per heavy atom. The van der Waals surface area contributed by atoms with Crippen LogP contribution in [0.4, 0.5) is 11.5 Å². The maximum atomic E-state index is 10.2. The third-order valence-corrected chi connectivity index (χ3v) is 5.94. The first-order valence-corrected chi connectivity index (χ1v) is 12.1. The van der Waals surface area contributed by atoms with Crippen molar-refractivity contribution in [2.45, 2.75) is 45.8 Å². The quantitative estimate of drug-likeness (QED) is 0.276. The lowest BCUT2D eigenvalue weighted by molar-refractivity contribution is 0.0778. The number of ether oxygens (including phenoxy) is 1. The van der Waals surface area contributed by atoms with Gasteiger partial charge in [0, 0.05) is 49.9 Å². The monoisotopic (exact) mass is 523 g/mol. The zero-order valence-corrected chi connectivity index (χ0v) is 22.2. The Labute approximate surface area is 220 Å². The lowest BCUT2D eigenvalue weighted by Gasteiger charge is -2.19. The number of aliphatic hydroxyl groups is 1. The van der Waals surface area contributed by atoms with Gasteiger partial charge in [-0.15, -0.1) is 0 Å². The molecule has 0 spiro atoms. The van der Waals surface area contributed by atoms with Gasteiger partial charge in [-0.25, -0.2) is 29.6 Å². The van der Waals surface area contributed by atoms with E-state index in [0.29, 0.717) is 58.2 Å². The van der Waals surface area contributed by atoms with Gasteiger partial charge in [-0.2, -0.15) is 5.10 Å². The van der Waals surface area contributed by atoms with Gasteiger partial charge in [0.25, 0.3) is 0 Å². The topological polar surface area (TPSA) is 150 Å². The Morgan fingerprint density at radius 2 is 1.89 bits per heavy atom. The normalized spacial score (nSPS) is 12.4. The summed E-state index contributed by atoms with van der Waals surface area (Å²) in [5, 5.41) is 18.5. The van der Waals surface area contributed by atoms with Crippen LogP contribution < -0.4 is 15.8 Å². The Kier molecular flexibility index (Phi) is 7.55. The van der Waals surface area contributed by atoms with Crippen LogP contribution in [0.2, 0.25) is 5.15 Å². The minimum atomic E-state index is -1.03. The number of aromatic nitrogens is 7. The largest absolute Gasteiger partial charge is 0.477 e. The molecule has 0 radical (unpaired) electrons. The van der Waals surface area contributed by atoms with Crippen molar-refractivity contribution in [1.82, 2.24) is 34.7 Å². The molecular formula is C25H30ClN9O2. The van der Waals surface area contributed by atoms with Crippen molar-refractivity contribution in [2.75, 3.05) is 17.7 Å². The van der Waals surface area contributed by atoms with E-state index in [1.807, 2.05) is 20.9 Å². The van der Waals surface area contributed by atoms with Crippen LogP contribution in [0.5, 0.6) is 5.88 Å². The average molecular weight is 524 g/mol. The predicted octanol–water partition coefficient (Wildman–Crippen LogP) is 3.77. The van der Waals surface area contributed by atoms with E-state index in [9.17, 15) is 5.11 Å². The Bertz CT molecular complexity index is 1380. The van der Waals surface area contributed by atoms with Crippen LogP contribution in [0.1, 0.15) is 38.4 Å². The van der Waals surface area contributed by atoms with Gasteiger partial charge in [-0.05, 0) is 39.8 Å². The van der Waals surface area contributed by atoms with E-state index in [1.54, 1.807) is 55.4 Å². The van der Waals surface area contributed by atoms with Crippen LogP contribution in [0, 0.1) is 6.92 Å². The third kappa shape index (κ3) is 6.12. The van der Waals surface area contributed by atoms with Gasteiger partial charge in [0.05, 0.1) is 29.2 Å². The molecule has 4 aromatic rings. The van der Waals surface area contributed by atoms with Gasteiger partial charge in [0.1, 0.15) is 16.5 Å². The molecule has 0 aliphatic carbocycles. The van der Waals surface area contributed by atoms with E-state index in [4.69, 9.17) is 22.1 Å². The molecule has 4 heterocycles. The summed E-state index contributed by atoms with van der Waals surface area (Å²) >= 11 is 6.18. The number of nitrogens with one attached hydrogen (secondary N) is 1. The summed E-state index contributed by atoms with van der Waals surface area (Å²) in [4.78, 5) is 21.7. The van der Waals surface area contributed by atoms with Crippen LogP contribution in [-0.2, 0) is 12.6 Å².